The molecule has 0 fully saturated rings. The van der Waals surface area contributed by atoms with E-state index in [2.05, 4.69) is 62.8 Å². The van der Waals surface area contributed by atoms with Crippen molar-refractivity contribution in [2.24, 2.45) is 0 Å². The maximum absolute atomic E-state index is 8.49. The van der Waals surface area contributed by atoms with Crippen LogP contribution in [-0.4, -0.2) is 0 Å². The van der Waals surface area contributed by atoms with Gasteiger partial charge in [-0.15, -0.1) is 10.2 Å². The van der Waals surface area contributed by atoms with Gasteiger partial charge in [0.05, 0.1) is 4.47 Å². The Morgan fingerprint density at radius 1 is 0.944 bits per heavy atom. The summed E-state index contributed by atoms with van der Waals surface area (Å²) in [6.45, 7) is 0. The predicted octanol–water partition coefficient (Wildman–Crippen LogP) is -2.08. The van der Waals surface area contributed by atoms with E-state index in [0.717, 1.165) is 4.47 Å². The van der Waals surface area contributed by atoms with Gasteiger partial charge in [-0.3, -0.25) is 0 Å². The Morgan fingerprint density at radius 3 is 2.28 bits per heavy atom. The van der Waals surface area contributed by atoms with Gasteiger partial charge in [-0.2, -0.15) is 4.40 Å². The first-order chi connectivity index (χ1) is 8.36. The number of hydrogen-bond acceptors (Lipinski definition) is 4. The van der Waals surface area contributed by atoms with E-state index in [1.165, 1.54) is 16.9 Å². The Kier molecular flexibility index (Phi) is 3.67. The highest BCUT2D eigenvalue weighted by Crippen LogP contribution is 2.21. The van der Waals surface area contributed by atoms with Crippen molar-refractivity contribution in [2.75, 3.05) is 0 Å². The predicted molar refractivity (Wildman–Crippen MR) is 56.2 cm³/mol. The molecule has 0 bridgehead atoms. The summed E-state index contributed by atoms with van der Waals surface area (Å²) in [7, 11) is -4.94. The molecule has 1 aliphatic rings. The van der Waals surface area contributed by atoms with Crippen LogP contribution in [0.1, 0.15) is 11.4 Å². The summed E-state index contributed by atoms with van der Waals surface area (Å²) in [5, 5.41) is 0. The van der Waals surface area contributed by atoms with Crippen LogP contribution >= 0.6 is 15.9 Å². The van der Waals surface area contributed by atoms with E-state index in [4.69, 9.17) is 18.6 Å². The average Bonchev–Trinajstić information content (AvgIpc) is 2.67. The third kappa shape index (κ3) is 3.05. The van der Waals surface area contributed by atoms with E-state index in [-0.39, 0.29) is 0 Å². The zero-order valence-electron chi connectivity index (χ0n) is 8.88. The molecule has 0 saturated carbocycles. The zero-order chi connectivity index (χ0) is 13.3. The normalized spacial score (nSPS) is 12.5. The quantitative estimate of drug-likeness (QED) is 0.441. The monoisotopic (exact) mass is 331 g/mol. The van der Waals surface area contributed by atoms with Crippen LogP contribution in [0.4, 0.5) is 0 Å². The lowest BCUT2D eigenvalue weighted by atomic mass is 10.3. The van der Waals surface area contributed by atoms with E-state index in [1.54, 1.807) is 0 Å². The minimum absolute atomic E-state index is 1.14. The van der Waals surface area contributed by atoms with Crippen LogP contribution in [0.3, 0.4) is 0 Å². The summed E-state index contributed by atoms with van der Waals surface area (Å²) < 4.78 is 37.4. The highest BCUT2D eigenvalue weighted by Gasteiger charge is 2.19. The molecule has 0 aromatic carbocycles. The van der Waals surface area contributed by atoms with Crippen molar-refractivity contribution < 1.29 is 33.3 Å². The summed E-state index contributed by atoms with van der Waals surface area (Å²) >= 11 is 3.54. The van der Waals surface area contributed by atoms with Gasteiger partial charge in [0, 0.05) is 30.4 Å². The molecule has 2 aromatic heterocycles. The van der Waals surface area contributed by atoms with Gasteiger partial charge in [-0.05, 0) is 28.1 Å². The van der Waals surface area contributed by atoms with E-state index < -0.39 is 10.2 Å². The second-order valence-electron chi connectivity index (χ2n) is 3.49. The fraction of sp³-hybridized carbons (Fsp3) is 0. The molecule has 3 heterocycles. The van der Waals surface area contributed by atoms with Crippen LogP contribution in [0, 0.1) is 10.2 Å². The number of nitrogens with zero attached hydrogens (tertiary/aromatic N) is 1. The van der Waals surface area contributed by atoms with Crippen LogP contribution in [0.5, 0.6) is 0 Å². The average molecular weight is 333 g/mol. The molecule has 0 unspecified atom stereocenters. The van der Waals surface area contributed by atoms with Gasteiger partial charge in [0.25, 0.3) is 0 Å². The Bertz CT molecular complexity index is 618. The van der Waals surface area contributed by atoms with Crippen molar-refractivity contribution >= 4 is 33.6 Å². The van der Waals surface area contributed by atoms with Gasteiger partial charge in [0.2, 0.25) is 16.9 Å². The smallest absolute Gasteiger partial charge is 0.222 e. The number of halogens is 2. The first-order valence-electron chi connectivity index (χ1n) is 4.79. The minimum Gasteiger partial charge on any atom is -0.222 e. The molecule has 0 saturated heterocycles. The minimum atomic E-state index is -4.94. The van der Waals surface area contributed by atoms with Gasteiger partial charge in [0.15, 0.2) is 0 Å². The molecule has 0 N–H and O–H groups in total. The number of hydrogen-bond donors (Lipinski definition) is 0. The van der Waals surface area contributed by atoms with Gasteiger partial charge in [-0.1, -0.05) is 0 Å². The van der Waals surface area contributed by atoms with Crippen LogP contribution in [-0.2, 0) is 0 Å². The van der Waals surface area contributed by atoms with E-state index in [0.29, 0.717) is 0 Å². The summed E-state index contributed by atoms with van der Waals surface area (Å²) in [4.78, 5) is 0. The lowest BCUT2D eigenvalue weighted by molar-refractivity contribution is -2.00. The summed E-state index contributed by atoms with van der Waals surface area (Å²) in [6.07, 6.45) is 4.26. The summed E-state index contributed by atoms with van der Waals surface area (Å²) in [5.74, 6) is 0. The molecule has 94 valence electrons. The number of aromatic nitrogens is 1. The zero-order valence-corrected chi connectivity index (χ0v) is 11.2. The van der Waals surface area contributed by atoms with E-state index in [9.17, 15) is 0 Å². The first-order valence-corrected chi connectivity index (χ1v) is 6.82. The van der Waals surface area contributed by atoms with E-state index in [1.807, 2.05) is 0 Å². The van der Waals surface area contributed by atoms with Gasteiger partial charge in [0.1, 0.15) is 0 Å². The topological polar surface area (TPSA) is 96.3 Å². The van der Waals surface area contributed by atoms with Gasteiger partial charge < -0.3 is 0 Å². The molecule has 2 aromatic rings. The molecule has 1 aliphatic heterocycles. The fourth-order valence-corrected chi connectivity index (χ4v) is 2.19. The molecule has 0 atom stereocenters. The van der Waals surface area contributed by atoms with Crippen LogP contribution in [0.15, 0.2) is 34.8 Å². The molecule has 0 amide bonds. The Morgan fingerprint density at radius 2 is 1.61 bits per heavy atom. The van der Waals surface area contributed by atoms with Gasteiger partial charge in [-0.25, -0.2) is 18.6 Å². The molecule has 5 nitrogen and oxygen atoms in total. The van der Waals surface area contributed by atoms with Crippen molar-refractivity contribution in [1.29, 1.82) is 0 Å². The maximum Gasteiger partial charge on any atom is 0.226 e. The lowest BCUT2D eigenvalue weighted by Gasteiger charge is -2.17. The van der Waals surface area contributed by atoms with Crippen molar-refractivity contribution in [1.82, 2.24) is 0 Å². The molecular weight excluding hydrogens is 325 g/mol. The largest absolute Gasteiger partial charge is 0.226 e. The third-order valence-corrected chi connectivity index (χ3v) is 3.02. The third-order valence-electron chi connectivity index (χ3n) is 2.35. The highest BCUT2D eigenvalue weighted by molar-refractivity contribution is 9.10. The van der Waals surface area contributed by atoms with Crippen molar-refractivity contribution in [3.05, 3.63) is 46.2 Å². The molecule has 0 radical (unpaired) electrons. The standard InChI is InChI=1S/C11H7BrN.ClHO4/c12-10-6-4-8-2-1-3-9-5-7-11(10)13(8)9;2-1(3,4)5/h1-7H;(H,2,3,4,5)/q+1;/p-1. The maximum atomic E-state index is 8.49. The van der Waals surface area contributed by atoms with Crippen molar-refractivity contribution in [2.45, 2.75) is 0 Å². The Balaban J connectivity index is 0.000000209. The number of rotatable bonds is 0. The molecule has 0 aliphatic carbocycles. The molecular formula is C11H7BrClNO4. The van der Waals surface area contributed by atoms with Crippen LogP contribution in [0.25, 0.3) is 17.7 Å². The number of pyridine rings is 2. The Hall–Kier alpha value is -1.02. The second-order valence-corrected chi connectivity index (χ2v) is 5.10. The van der Waals surface area contributed by atoms with Crippen molar-refractivity contribution in [3.8, 4) is 0 Å². The Labute approximate surface area is 113 Å². The molecule has 3 rings (SSSR count). The first kappa shape index (κ1) is 13.4. The van der Waals surface area contributed by atoms with Crippen molar-refractivity contribution in [3.63, 3.8) is 0 Å². The molecule has 7 heteroatoms. The van der Waals surface area contributed by atoms with Crippen LogP contribution in [0.2, 0.25) is 0 Å². The SMILES string of the molecule is Brc1ccc2cccc3[n+]2c1C=C3.[O-][Cl+3]([O-])([O-])[O-]. The fourth-order valence-electron chi connectivity index (χ4n) is 1.75. The van der Waals surface area contributed by atoms with Gasteiger partial charge >= 0.3 is 0 Å². The molecule has 18 heavy (non-hydrogen) atoms. The lowest BCUT2D eigenvalue weighted by Crippen LogP contribution is -2.68. The molecule has 0 spiro atoms. The van der Waals surface area contributed by atoms with Crippen LogP contribution < -0.4 is 23.0 Å². The van der Waals surface area contributed by atoms with E-state index >= 15 is 0 Å². The summed E-state index contributed by atoms with van der Waals surface area (Å²) in [6, 6.07) is 10.5. The second kappa shape index (κ2) is 4.93. The summed E-state index contributed by atoms with van der Waals surface area (Å²) in [5.41, 5.74) is 3.71. The highest BCUT2D eigenvalue weighted by atomic mass is 79.9.